The number of amides is 1. The van der Waals surface area contributed by atoms with Crippen molar-refractivity contribution in [3.8, 4) is 11.1 Å². The van der Waals surface area contributed by atoms with Gasteiger partial charge in [0, 0.05) is 22.5 Å². The van der Waals surface area contributed by atoms with Crippen LogP contribution in [0.25, 0.3) is 11.1 Å². The molecule has 4 aromatic carbocycles. The van der Waals surface area contributed by atoms with Crippen LogP contribution in [0, 0.1) is 17.8 Å². The first-order valence-corrected chi connectivity index (χ1v) is 13.2. The Bertz CT molecular complexity index is 1410. The summed E-state index contributed by atoms with van der Waals surface area (Å²) < 4.78 is 0. The number of anilines is 2. The molecule has 3 aliphatic rings. The van der Waals surface area contributed by atoms with Crippen LogP contribution in [0.5, 0.6) is 0 Å². The molecule has 0 radical (unpaired) electrons. The first-order chi connectivity index (χ1) is 17.8. The Morgan fingerprint density at radius 2 is 1.50 bits per heavy atom. The Kier molecular flexibility index (Phi) is 5.16. The predicted octanol–water partition coefficient (Wildman–Crippen LogP) is 7.90. The highest BCUT2D eigenvalue weighted by Crippen LogP contribution is 2.63. The van der Waals surface area contributed by atoms with Crippen molar-refractivity contribution >= 4 is 17.3 Å². The van der Waals surface area contributed by atoms with Gasteiger partial charge in [-0.1, -0.05) is 78.9 Å². The molecule has 178 valence electrons. The van der Waals surface area contributed by atoms with Gasteiger partial charge in [-0.05, 0) is 83.9 Å². The molecule has 2 fully saturated rings. The van der Waals surface area contributed by atoms with E-state index in [9.17, 15) is 4.79 Å². The van der Waals surface area contributed by atoms with Crippen molar-refractivity contribution in [2.45, 2.75) is 31.2 Å². The second-order valence-corrected chi connectivity index (χ2v) is 10.6. The van der Waals surface area contributed by atoms with Crippen LogP contribution in [-0.2, 0) is 0 Å². The van der Waals surface area contributed by atoms with Gasteiger partial charge in [-0.3, -0.25) is 4.79 Å². The number of fused-ring (bicyclic) bond motifs is 7. The Labute approximate surface area is 212 Å². The van der Waals surface area contributed by atoms with E-state index in [-0.39, 0.29) is 5.91 Å². The van der Waals surface area contributed by atoms with E-state index in [0.717, 1.165) is 34.2 Å². The molecular weight excluding hydrogens is 440 g/mol. The monoisotopic (exact) mass is 470 g/mol. The first-order valence-electron chi connectivity index (χ1n) is 13.2. The van der Waals surface area contributed by atoms with Crippen molar-refractivity contribution in [3.63, 3.8) is 0 Å². The zero-order valence-electron chi connectivity index (χ0n) is 20.2. The molecule has 36 heavy (non-hydrogen) atoms. The second kappa shape index (κ2) is 8.67. The van der Waals surface area contributed by atoms with Crippen molar-refractivity contribution in [2.24, 2.45) is 17.8 Å². The van der Waals surface area contributed by atoms with Crippen LogP contribution in [0.15, 0.2) is 103 Å². The Morgan fingerprint density at radius 1 is 0.778 bits per heavy atom. The Balaban J connectivity index is 1.22. The van der Waals surface area contributed by atoms with Crippen molar-refractivity contribution in [1.29, 1.82) is 0 Å². The third-order valence-electron chi connectivity index (χ3n) is 8.77. The van der Waals surface area contributed by atoms with E-state index in [2.05, 4.69) is 71.3 Å². The Morgan fingerprint density at radius 3 is 2.33 bits per heavy atom. The molecule has 4 aromatic rings. The van der Waals surface area contributed by atoms with E-state index in [1.807, 2.05) is 42.5 Å². The second-order valence-electron chi connectivity index (χ2n) is 10.6. The third kappa shape index (κ3) is 3.53. The van der Waals surface area contributed by atoms with E-state index in [4.69, 9.17) is 0 Å². The molecule has 2 bridgehead atoms. The molecule has 2 N–H and O–H groups in total. The van der Waals surface area contributed by atoms with Gasteiger partial charge in [-0.15, -0.1) is 0 Å². The number of carbonyl (C=O) groups excluding carboxylic acids is 1. The van der Waals surface area contributed by atoms with Crippen LogP contribution in [0.2, 0.25) is 0 Å². The molecule has 2 saturated carbocycles. The molecule has 1 amide bonds. The van der Waals surface area contributed by atoms with Gasteiger partial charge in [0.05, 0.1) is 6.04 Å². The average Bonchev–Trinajstić information content (AvgIpc) is 3.57. The number of hydrogen-bond donors (Lipinski definition) is 2. The van der Waals surface area contributed by atoms with Crippen molar-refractivity contribution < 1.29 is 4.79 Å². The zero-order chi connectivity index (χ0) is 24.1. The summed E-state index contributed by atoms with van der Waals surface area (Å²) in [5.74, 6) is 2.56. The fraction of sp³-hybridized carbons (Fsp3) is 0.242. The minimum Gasteiger partial charge on any atom is -0.378 e. The maximum atomic E-state index is 13.5. The SMILES string of the molecule is O=C(Nc1ccccc1-c1ccccc1)c1ccc2c(c1)[C@@H]1[C@H]3CC[C@@H](C3)[C@H]1[C@@H](c1ccccc1)N2. The molecule has 3 heteroatoms. The van der Waals surface area contributed by atoms with E-state index < -0.39 is 0 Å². The molecule has 0 spiro atoms. The lowest BCUT2D eigenvalue weighted by Crippen LogP contribution is -2.35. The molecule has 7 rings (SSSR count). The smallest absolute Gasteiger partial charge is 0.255 e. The minimum absolute atomic E-state index is 0.0499. The summed E-state index contributed by atoms with van der Waals surface area (Å²) in [5.41, 5.74) is 7.61. The quantitative estimate of drug-likeness (QED) is 0.318. The summed E-state index contributed by atoms with van der Waals surface area (Å²) in [5, 5.41) is 7.09. The van der Waals surface area contributed by atoms with Crippen molar-refractivity contribution in [2.75, 3.05) is 10.6 Å². The van der Waals surface area contributed by atoms with Gasteiger partial charge in [0.15, 0.2) is 0 Å². The van der Waals surface area contributed by atoms with Crippen LogP contribution in [-0.4, -0.2) is 5.91 Å². The molecule has 1 heterocycles. The number of nitrogens with one attached hydrogen (secondary N) is 2. The van der Waals surface area contributed by atoms with E-state index in [0.29, 0.717) is 17.9 Å². The van der Waals surface area contributed by atoms with Gasteiger partial charge >= 0.3 is 0 Å². The standard InChI is InChI=1S/C33H30N2O/c36-33(35-28-14-8-7-13-26(28)21-9-3-1-4-10-21)25-17-18-29-27(20-25)30-23-15-16-24(19-23)31(30)32(34-29)22-11-5-2-6-12-22/h1-14,17-18,20,23-24,30-32,34H,15-16,19H2,(H,35,36)/t23-,24-,30-,31+,32+/m0/s1. The van der Waals surface area contributed by atoms with Crippen LogP contribution in [0.4, 0.5) is 11.4 Å². The highest BCUT2D eigenvalue weighted by atomic mass is 16.1. The third-order valence-corrected chi connectivity index (χ3v) is 8.77. The maximum Gasteiger partial charge on any atom is 0.255 e. The number of hydrogen-bond acceptors (Lipinski definition) is 2. The number of para-hydroxylation sites is 1. The van der Waals surface area contributed by atoms with Crippen molar-refractivity contribution in [3.05, 3.63) is 120 Å². The average molecular weight is 471 g/mol. The summed E-state index contributed by atoms with van der Waals surface area (Å²) in [6.07, 6.45) is 3.97. The number of carbonyl (C=O) groups is 1. The lowest BCUT2D eigenvalue weighted by Gasteiger charge is -2.43. The number of benzene rings is 4. The lowest BCUT2D eigenvalue weighted by molar-refractivity contribution is 0.102. The molecule has 5 atom stereocenters. The predicted molar refractivity (Wildman–Crippen MR) is 146 cm³/mol. The highest BCUT2D eigenvalue weighted by Gasteiger charge is 2.53. The lowest BCUT2D eigenvalue weighted by atomic mass is 9.68. The molecular formula is C33H30N2O. The summed E-state index contributed by atoms with van der Waals surface area (Å²) >= 11 is 0. The molecule has 0 unspecified atom stereocenters. The van der Waals surface area contributed by atoms with E-state index in [1.165, 1.54) is 36.1 Å². The van der Waals surface area contributed by atoms with Gasteiger partial charge < -0.3 is 10.6 Å². The van der Waals surface area contributed by atoms with E-state index >= 15 is 0 Å². The highest BCUT2D eigenvalue weighted by molar-refractivity contribution is 6.06. The largest absolute Gasteiger partial charge is 0.378 e. The minimum atomic E-state index is -0.0499. The van der Waals surface area contributed by atoms with Gasteiger partial charge in [0.25, 0.3) is 5.91 Å². The van der Waals surface area contributed by atoms with Crippen LogP contribution < -0.4 is 10.6 Å². The van der Waals surface area contributed by atoms with Gasteiger partial charge in [0.1, 0.15) is 0 Å². The van der Waals surface area contributed by atoms with Crippen LogP contribution >= 0.6 is 0 Å². The van der Waals surface area contributed by atoms with Gasteiger partial charge in [-0.2, -0.15) is 0 Å². The van der Waals surface area contributed by atoms with E-state index in [1.54, 1.807) is 0 Å². The normalized spacial score (nSPS) is 25.5. The Hall–Kier alpha value is -3.85. The molecule has 0 aromatic heterocycles. The molecule has 3 nitrogen and oxygen atoms in total. The summed E-state index contributed by atoms with van der Waals surface area (Å²) in [7, 11) is 0. The summed E-state index contributed by atoms with van der Waals surface area (Å²) in [6, 6.07) is 35.8. The maximum absolute atomic E-state index is 13.5. The fourth-order valence-corrected chi connectivity index (χ4v) is 7.27. The van der Waals surface area contributed by atoms with Crippen LogP contribution in [0.1, 0.15) is 52.7 Å². The number of rotatable bonds is 4. The topological polar surface area (TPSA) is 41.1 Å². The molecule has 2 aliphatic carbocycles. The zero-order valence-corrected chi connectivity index (χ0v) is 20.2. The summed E-state index contributed by atoms with van der Waals surface area (Å²) in [6.45, 7) is 0. The molecule has 0 saturated heterocycles. The first kappa shape index (κ1) is 21.4. The fourth-order valence-electron chi connectivity index (χ4n) is 7.27. The van der Waals surface area contributed by atoms with Gasteiger partial charge in [0.2, 0.25) is 0 Å². The molecule has 1 aliphatic heterocycles. The van der Waals surface area contributed by atoms with Crippen LogP contribution in [0.3, 0.4) is 0 Å². The summed E-state index contributed by atoms with van der Waals surface area (Å²) in [4.78, 5) is 13.5. The van der Waals surface area contributed by atoms with Crippen molar-refractivity contribution in [1.82, 2.24) is 0 Å². The van der Waals surface area contributed by atoms with Gasteiger partial charge in [-0.25, -0.2) is 0 Å².